The minimum Gasteiger partial charge on any atom is -0.248 e. The Hall–Kier alpha value is -2.92. The van der Waals surface area contributed by atoms with Crippen LogP contribution in [0.3, 0.4) is 0 Å². The van der Waals surface area contributed by atoms with Crippen LogP contribution in [0.2, 0.25) is 0 Å². The number of fused-ring (bicyclic) bond motifs is 1. The van der Waals surface area contributed by atoms with Crippen molar-refractivity contribution >= 4 is 22.6 Å². The molecule has 0 radical (unpaired) electrons. The molecule has 0 amide bonds. The second-order valence-electron chi connectivity index (χ2n) is 4.46. The number of rotatable bonds is 2. The van der Waals surface area contributed by atoms with Crippen LogP contribution in [0.25, 0.3) is 22.6 Å². The van der Waals surface area contributed by atoms with Crippen LogP contribution in [0, 0.1) is 11.3 Å². The van der Waals surface area contributed by atoms with Crippen LogP contribution in [-0.2, 0) is 0 Å². The summed E-state index contributed by atoms with van der Waals surface area (Å²) in [5.41, 5.74) is 3.26. The highest BCUT2D eigenvalue weighted by molar-refractivity contribution is 5.90. The standard InChI is InChI=1S/C18H12N2/c19-13-16(14-6-2-1-3-7-14)12-17-11-10-15-8-4-5-9-18(15)20-17/h1-12H/b16-12-. The summed E-state index contributed by atoms with van der Waals surface area (Å²) in [6.45, 7) is 0. The van der Waals surface area contributed by atoms with Gasteiger partial charge in [0.15, 0.2) is 0 Å². The number of hydrogen-bond donors (Lipinski definition) is 0. The summed E-state index contributed by atoms with van der Waals surface area (Å²) in [6.07, 6.45) is 1.82. The van der Waals surface area contributed by atoms with Gasteiger partial charge in [-0.2, -0.15) is 5.26 Å². The summed E-state index contributed by atoms with van der Waals surface area (Å²) >= 11 is 0. The molecule has 2 heteroatoms. The molecule has 2 aromatic carbocycles. The molecule has 2 nitrogen and oxygen atoms in total. The fourth-order valence-electron chi connectivity index (χ4n) is 2.11. The Labute approximate surface area is 117 Å². The fraction of sp³-hybridized carbons (Fsp3) is 0. The number of para-hydroxylation sites is 1. The van der Waals surface area contributed by atoms with E-state index in [1.807, 2.05) is 72.8 Å². The van der Waals surface area contributed by atoms with Crippen LogP contribution < -0.4 is 0 Å². The van der Waals surface area contributed by atoms with E-state index in [-0.39, 0.29) is 0 Å². The van der Waals surface area contributed by atoms with Crippen molar-refractivity contribution in [1.82, 2.24) is 4.98 Å². The predicted octanol–water partition coefficient (Wildman–Crippen LogP) is 4.30. The van der Waals surface area contributed by atoms with Gasteiger partial charge in [-0.15, -0.1) is 0 Å². The molecule has 0 aliphatic carbocycles. The molecule has 0 fully saturated rings. The zero-order valence-corrected chi connectivity index (χ0v) is 10.8. The SMILES string of the molecule is N#C/C(=C/c1ccc2ccccc2n1)c1ccccc1. The molecule has 0 bridgehead atoms. The first kappa shape index (κ1) is 12.1. The Kier molecular flexibility index (Phi) is 3.26. The predicted molar refractivity (Wildman–Crippen MR) is 81.7 cm³/mol. The highest BCUT2D eigenvalue weighted by Crippen LogP contribution is 2.18. The molecule has 0 N–H and O–H groups in total. The lowest BCUT2D eigenvalue weighted by molar-refractivity contribution is 1.37. The molecule has 20 heavy (non-hydrogen) atoms. The summed E-state index contributed by atoms with van der Waals surface area (Å²) < 4.78 is 0. The number of hydrogen-bond acceptors (Lipinski definition) is 2. The van der Waals surface area contributed by atoms with E-state index >= 15 is 0 Å². The molecule has 3 rings (SSSR count). The number of nitrogens with zero attached hydrogens (tertiary/aromatic N) is 2. The smallest absolute Gasteiger partial charge is 0.0998 e. The molecular weight excluding hydrogens is 244 g/mol. The summed E-state index contributed by atoms with van der Waals surface area (Å²) in [5.74, 6) is 0. The molecule has 94 valence electrons. The van der Waals surface area contributed by atoms with Crippen LogP contribution in [0.4, 0.5) is 0 Å². The highest BCUT2D eigenvalue weighted by Gasteiger charge is 2.01. The summed E-state index contributed by atoms with van der Waals surface area (Å²) in [6, 6.07) is 23.8. The lowest BCUT2D eigenvalue weighted by atomic mass is 10.1. The minimum atomic E-state index is 0.619. The average Bonchev–Trinajstić information content (AvgIpc) is 2.53. The molecule has 0 unspecified atom stereocenters. The Morgan fingerprint density at radius 1 is 0.900 bits per heavy atom. The van der Waals surface area contributed by atoms with Crippen molar-refractivity contribution in [2.45, 2.75) is 0 Å². The third-order valence-corrected chi connectivity index (χ3v) is 3.12. The minimum absolute atomic E-state index is 0.619. The van der Waals surface area contributed by atoms with Gasteiger partial charge in [0.25, 0.3) is 0 Å². The lowest BCUT2D eigenvalue weighted by Crippen LogP contribution is -1.85. The molecule has 0 aliphatic rings. The van der Waals surface area contributed by atoms with E-state index in [9.17, 15) is 5.26 Å². The fourth-order valence-corrected chi connectivity index (χ4v) is 2.11. The Balaban J connectivity index is 2.06. The van der Waals surface area contributed by atoms with Crippen LogP contribution in [0.15, 0.2) is 66.7 Å². The second kappa shape index (κ2) is 5.38. The van der Waals surface area contributed by atoms with Crippen molar-refractivity contribution in [3.63, 3.8) is 0 Å². The van der Waals surface area contributed by atoms with Crippen molar-refractivity contribution in [1.29, 1.82) is 5.26 Å². The summed E-state index contributed by atoms with van der Waals surface area (Å²) in [5, 5.41) is 10.4. The lowest BCUT2D eigenvalue weighted by Gasteiger charge is -2.01. The van der Waals surface area contributed by atoms with Crippen LogP contribution in [0.5, 0.6) is 0 Å². The quantitative estimate of drug-likeness (QED) is 0.641. The van der Waals surface area contributed by atoms with Crippen molar-refractivity contribution in [2.24, 2.45) is 0 Å². The third kappa shape index (κ3) is 2.43. The molecule has 0 aliphatic heterocycles. The molecule has 1 heterocycles. The van der Waals surface area contributed by atoms with Gasteiger partial charge in [-0.25, -0.2) is 4.98 Å². The number of benzene rings is 2. The van der Waals surface area contributed by atoms with Crippen LogP contribution >= 0.6 is 0 Å². The van der Waals surface area contributed by atoms with Crippen LogP contribution in [-0.4, -0.2) is 4.98 Å². The molecule has 1 aromatic heterocycles. The van der Waals surface area contributed by atoms with Crippen LogP contribution in [0.1, 0.15) is 11.3 Å². The van der Waals surface area contributed by atoms with E-state index in [1.165, 1.54) is 0 Å². The zero-order valence-electron chi connectivity index (χ0n) is 10.8. The van der Waals surface area contributed by atoms with Gasteiger partial charge in [-0.3, -0.25) is 0 Å². The second-order valence-corrected chi connectivity index (χ2v) is 4.46. The van der Waals surface area contributed by atoms with Gasteiger partial charge in [0.1, 0.15) is 0 Å². The van der Waals surface area contributed by atoms with E-state index in [2.05, 4.69) is 11.1 Å². The van der Waals surface area contributed by atoms with Crippen molar-refractivity contribution < 1.29 is 0 Å². The number of pyridine rings is 1. The Morgan fingerprint density at radius 2 is 1.65 bits per heavy atom. The van der Waals surface area contributed by atoms with Crippen molar-refractivity contribution in [3.05, 3.63) is 78.0 Å². The monoisotopic (exact) mass is 256 g/mol. The van der Waals surface area contributed by atoms with E-state index in [4.69, 9.17) is 0 Å². The average molecular weight is 256 g/mol. The van der Waals surface area contributed by atoms with E-state index in [0.717, 1.165) is 22.2 Å². The maximum absolute atomic E-state index is 9.31. The van der Waals surface area contributed by atoms with E-state index in [1.54, 1.807) is 0 Å². The molecule has 3 aromatic rings. The van der Waals surface area contributed by atoms with E-state index < -0.39 is 0 Å². The van der Waals surface area contributed by atoms with Gasteiger partial charge in [0, 0.05) is 5.39 Å². The molecule has 0 saturated carbocycles. The van der Waals surface area contributed by atoms with Crippen molar-refractivity contribution in [2.75, 3.05) is 0 Å². The number of nitriles is 1. The first-order chi connectivity index (χ1) is 9.86. The largest absolute Gasteiger partial charge is 0.248 e. The Morgan fingerprint density at radius 3 is 2.45 bits per heavy atom. The number of allylic oxidation sites excluding steroid dienone is 1. The van der Waals surface area contributed by atoms with Gasteiger partial charge in [0.2, 0.25) is 0 Å². The first-order valence-electron chi connectivity index (χ1n) is 6.40. The first-order valence-corrected chi connectivity index (χ1v) is 6.40. The van der Waals surface area contributed by atoms with Gasteiger partial charge in [-0.1, -0.05) is 54.6 Å². The maximum Gasteiger partial charge on any atom is 0.0998 e. The maximum atomic E-state index is 9.31. The normalized spacial score (nSPS) is 11.2. The topological polar surface area (TPSA) is 36.7 Å². The highest BCUT2D eigenvalue weighted by atomic mass is 14.7. The van der Waals surface area contributed by atoms with Crippen molar-refractivity contribution in [3.8, 4) is 6.07 Å². The molecular formula is C18H12N2. The zero-order chi connectivity index (χ0) is 13.8. The molecule has 0 atom stereocenters. The van der Waals surface area contributed by atoms with Gasteiger partial charge in [-0.05, 0) is 23.8 Å². The van der Waals surface area contributed by atoms with Gasteiger partial charge in [0.05, 0.1) is 22.9 Å². The molecule has 0 saturated heterocycles. The summed E-state index contributed by atoms with van der Waals surface area (Å²) in [7, 11) is 0. The molecule has 0 spiro atoms. The van der Waals surface area contributed by atoms with E-state index in [0.29, 0.717) is 5.57 Å². The van der Waals surface area contributed by atoms with Gasteiger partial charge >= 0.3 is 0 Å². The third-order valence-electron chi connectivity index (χ3n) is 3.12. The number of aromatic nitrogens is 1. The Bertz CT molecular complexity index is 811. The summed E-state index contributed by atoms with van der Waals surface area (Å²) in [4.78, 5) is 4.56. The van der Waals surface area contributed by atoms with Gasteiger partial charge < -0.3 is 0 Å².